The van der Waals surface area contributed by atoms with Crippen molar-refractivity contribution in [2.75, 3.05) is 5.32 Å². The van der Waals surface area contributed by atoms with E-state index in [4.69, 9.17) is 5.73 Å². The number of hydrogen-bond acceptors (Lipinski definition) is 5. The topological polar surface area (TPSA) is 129 Å². The van der Waals surface area contributed by atoms with Crippen LogP contribution in [0.2, 0.25) is 0 Å². The Kier molecular flexibility index (Phi) is 5.25. The number of fused-ring (bicyclic) bond motifs is 1. The summed E-state index contributed by atoms with van der Waals surface area (Å²) >= 11 is 0. The molecule has 10 heteroatoms. The number of hydrogen-bond donors (Lipinski definition) is 2. The summed E-state index contributed by atoms with van der Waals surface area (Å²) in [5, 5.41) is 6.95. The Morgan fingerprint density at radius 2 is 1.74 bits per heavy atom. The van der Waals surface area contributed by atoms with Crippen LogP contribution in [0.25, 0.3) is 22.6 Å². The van der Waals surface area contributed by atoms with Crippen LogP contribution in [0, 0.1) is 6.92 Å². The summed E-state index contributed by atoms with van der Waals surface area (Å²) in [5.74, 6) is -0.338. The van der Waals surface area contributed by atoms with Crippen molar-refractivity contribution < 1.29 is 9.59 Å². The molecule has 0 radical (unpaired) electrons. The Balaban J connectivity index is 1.46. The van der Waals surface area contributed by atoms with Crippen molar-refractivity contribution in [3.8, 4) is 16.9 Å². The zero-order valence-electron chi connectivity index (χ0n) is 19.0. The number of pyridine rings is 1. The van der Waals surface area contributed by atoms with Gasteiger partial charge in [-0.05, 0) is 49.4 Å². The van der Waals surface area contributed by atoms with E-state index in [9.17, 15) is 14.4 Å². The minimum absolute atomic E-state index is 0.222. The summed E-state index contributed by atoms with van der Waals surface area (Å²) in [4.78, 5) is 41.4. The smallest absolute Gasteiger partial charge is 0.350 e. The number of rotatable bonds is 5. The fourth-order valence-electron chi connectivity index (χ4n) is 3.95. The lowest BCUT2D eigenvalue weighted by atomic mass is 10.1. The van der Waals surface area contributed by atoms with Gasteiger partial charge in [0.05, 0.1) is 11.4 Å². The number of benzene rings is 2. The molecule has 3 aromatic heterocycles. The van der Waals surface area contributed by atoms with Gasteiger partial charge in [0.15, 0.2) is 0 Å². The third-order valence-corrected chi connectivity index (χ3v) is 5.64. The molecule has 0 bridgehead atoms. The largest absolute Gasteiger partial charge is 0.366 e. The normalized spacial score (nSPS) is 11.0. The van der Waals surface area contributed by atoms with Gasteiger partial charge in [0.2, 0.25) is 5.91 Å². The Morgan fingerprint density at radius 3 is 2.43 bits per heavy atom. The molecule has 5 aromatic rings. The second-order valence-corrected chi connectivity index (χ2v) is 8.00. The number of primary amides is 1. The van der Waals surface area contributed by atoms with Crippen LogP contribution in [0.3, 0.4) is 0 Å². The lowest BCUT2D eigenvalue weighted by molar-refractivity contribution is 0.0995. The maximum atomic E-state index is 13.0. The maximum absolute atomic E-state index is 13.0. The Bertz CT molecular complexity index is 1660. The van der Waals surface area contributed by atoms with Crippen LogP contribution in [-0.2, 0) is 7.05 Å². The van der Waals surface area contributed by atoms with E-state index < -0.39 is 5.91 Å². The standard InChI is InChI=1S/C25H21N7O3/c1-15-29-30(2)25(35)32(15)19-11-9-16(10-12-19)20-14-31-21(7-4-8-22(31)28-20)24(34)27-18-6-3-5-17(13-18)23(26)33/h3-14H,1-2H3,(H2,26,33)(H,27,34). The molecule has 3 N–H and O–H groups in total. The molecule has 10 nitrogen and oxygen atoms in total. The highest BCUT2D eigenvalue weighted by Gasteiger charge is 2.15. The summed E-state index contributed by atoms with van der Waals surface area (Å²) in [6.45, 7) is 1.77. The maximum Gasteiger partial charge on any atom is 0.350 e. The molecular formula is C25H21N7O3. The summed E-state index contributed by atoms with van der Waals surface area (Å²) in [7, 11) is 1.61. The lowest BCUT2D eigenvalue weighted by Gasteiger charge is -2.08. The molecule has 35 heavy (non-hydrogen) atoms. The van der Waals surface area contributed by atoms with Crippen molar-refractivity contribution in [2.45, 2.75) is 6.92 Å². The highest BCUT2D eigenvalue weighted by molar-refractivity contribution is 6.04. The predicted octanol–water partition coefficient (Wildman–Crippen LogP) is 2.55. The number of nitrogens with one attached hydrogen (secondary N) is 1. The number of nitrogens with zero attached hydrogens (tertiary/aromatic N) is 5. The zero-order chi connectivity index (χ0) is 24.7. The minimum Gasteiger partial charge on any atom is -0.366 e. The first-order valence-corrected chi connectivity index (χ1v) is 10.7. The number of aromatic nitrogens is 5. The number of nitrogens with two attached hydrogens (primary N) is 1. The fraction of sp³-hybridized carbons (Fsp3) is 0.0800. The summed E-state index contributed by atoms with van der Waals surface area (Å²) in [5.41, 5.74) is 9.04. The van der Waals surface area contributed by atoms with E-state index in [2.05, 4.69) is 15.4 Å². The van der Waals surface area contributed by atoms with Crippen LogP contribution < -0.4 is 16.7 Å². The van der Waals surface area contributed by atoms with Crippen molar-refractivity contribution in [3.05, 3.63) is 100 Å². The van der Waals surface area contributed by atoms with Gasteiger partial charge in [0.25, 0.3) is 5.91 Å². The van der Waals surface area contributed by atoms with Gasteiger partial charge in [0, 0.05) is 30.1 Å². The number of carbonyl (C=O) groups is 2. The number of carbonyl (C=O) groups excluding carboxylic acids is 2. The molecule has 0 fully saturated rings. The van der Waals surface area contributed by atoms with Crippen LogP contribution in [0.5, 0.6) is 0 Å². The second-order valence-electron chi connectivity index (χ2n) is 8.00. The van der Waals surface area contributed by atoms with Gasteiger partial charge in [-0.1, -0.05) is 24.3 Å². The molecule has 0 spiro atoms. The van der Waals surface area contributed by atoms with Gasteiger partial charge in [-0.3, -0.25) is 14.0 Å². The van der Waals surface area contributed by atoms with E-state index in [0.717, 1.165) is 5.56 Å². The number of anilines is 1. The molecule has 2 aromatic carbocycles. The number of aryl methyl sites for hydroxylation is 2. The molecule has 0 aliphatic heterocycles. The van der Waals surface area contributed by atoms with Gasteiger partial charge in [-0.15, -0.1) is 0 Å². The molecule has 174 valence electrons. The van der Waals surface area contributed by atoms with Crippen LogP contribution >= 0.6 is 0 Å². The minimum atomic E-state index is -0.572. The van der Waals surface area contributed by atoms with Crippen LogP contribution in [0.15, 0.2) is 77.7 Å². The molecule has 0 aliphatic carbocycles. The van der Waals surface area contributed by atoms with Gasteiger partial charge < -0.3 is 11.1 Å². The Hall–Kier alpha value is -4.99. The Labute approximate surface area is 199 Å². The van der Waals surface area contributed by atoms with Crippen molar-refractivity contribution in [3.63, 3.8) is 0 Å². The monoisotopic (exact) mass is 467 g/mol. The average Bonchev–Trinajstić information content (AvgIpc) is 3.39. The third-order valence-electron chi connectivity index (χ3n) is 5.64. The molecular weight excluding hydrogens is 446 g/mol. The van der Waals surface area contributed by atoms with Crippen LogP contribution in [-0.4, -0.2) is 35.5 Å². The van der Waals surface area contributed by atoms with Gasteiger partial charge >= 0.3 is 5.69 Å². The number of imidazole rings is 1. The first-order valence-electron chi connectivity index (χ1n) is 10.7. The average molecular weight is 467 g/mol. The SMILES string of the molecule is Cc1nn(C)c(=O)n1-c1ccc(-c2cn3c(C(=O)Nc4cccc(C(N)=O)c4)cccc3n2)cc1. The molecule has 3 heterocycles. The predicted molar refractivity (Wildman–Crippen MR) is 131 cm³/mol. The highest BCUT2D eigenvalue weighted by Crippen LogP contribution is 2.22. The fourth-order valence-corrected chi connectivity index (χ4v) is 3.95. The van der Waals surface area contributed by atoms with E-state index in [-0.39, 0.29) is 11.6 Å². The van der Waals surface area contributed by atoms with E-state index >= 15 is 0 Å². The molecule has 0 atom stereocenters. The molecule has 0 saturated heterocycles. The van der Waals surface area contributed by atoms with Gasteiger partial charge in [-0.2, -0.15) is 5.10 Å². The summed E-state index contributed by atoms with van der Waals surface area (Å²) < 4.78 is 4.53. The van der Waals surface area contributed by atoms with E-state index in [1.807, 2.05) is 24.3 Å². The van der Waals surface area contributed by atoms with E-state index in [0.29, 0.717) is 39.8 Å². The third kappa shape index (κ3) is 3.97. The summed E-state index contributed by atoms with van der Waals surface area (Å²) in [6.07, 6.45) is 1.78. The van der Waals surface area contributed by atoms with Gasteiger partial charge in [-0.25, -0.2) is 19.0 Å². The van der Waals surface area contributed by atoms with Crippen molar-refractivity contribution in [2.24, 2.45) is 12.8 Å². The van der Waals surface area contributed by atoms with Crippen LogP contribution in [0.1, 0.15) is 26.7 Å². The summed E-state index contributed by atoms with van der Waals surface area (Å²) in [6, 6.07) is 19.1. The molecule has 2 amide bonds. The number of amides is 2. The molecule has 0 aliphatic rings. The zero-order valence-corrected chi connectivity index (χ0v) is 19.0. The molecule has 0 unspecified atom stereocenters. The van der Waals surface area contributed by atoms with Crippen molar-refractivity contribution in [1.82, 2.24) is 23.7 Å². The van der Waals surface area contributed by atoms with E-state index in [1.165, 1.54) is 15.3 Å². The lowest BCUT2D eigenvalue weighted by Crippen LogP contribution is -2.21. The quantitative estimate of drug-likeness (QED) is 0.410. The second kappa shape index (κ2) is 8.41. The van der Waals surface area contributed by atoms with Crippen molar-refractivity contribution >= 4 is 23.1 Å². The first kappa shape index (κ1) is 21.8. The highest BCUT2D eigenvalue weighted by atomic mass is 16.2. The van der Waals surface area contributed by atoms with Crippen molar-refractivity contribution in [1.29, 1.82) is 0 Å². The first-order chi connectivity index (χ1) is 16.8. The Morgan fingerprint density at radius 1 is 1.00 bits per heavy atom. The van der Waals surface area contributed by atoms with Crippen LogP contribution in [0.4, 0.5) is 5.69 Å². The molecule has 5 rings (SSSR count). The van der Waals surface area contributed by atoms with E-state index in [1.54, 1.807) is 61.0 Å². The van der Waals surface area contributed by atoms with Gasteiger partial charge in [0.1, 0.15) is 17.2 Å². The molecule has 0 saturated carbocycles.